The zero-order valence-corrected chi connectivity index (χ0v) is 15.6. The molecule has 7 heteroatoms. The Morgan fingerprint density at radius 1 is 1.30 bits per heavy atom. The highest BCUT2D eigenvalue weighted by Gasteiger charge is 2.43. The van der Waals surface area contributed by atoms with Crippen LogP contribution < -0.4 is 5.73 Å². The van der Waals surface area contributed by atoms with Crippen LogP contribution in [0.5, 0.6) is 0 Å². The van der Waals surface area contributed by atoms with E-state index in [1.807, 2.05) is 20.8 Å². The average Bonchev–Trinajstić information content (AvgIpc) is 2.91. The first kappa shape index (κ1) is 23.9. The largest absolute Gasteiger partial charge is 0.444 e. The summed E-state index contributed by atoms with van der Waals surface area (Å²) in [6.45, 7) is 12.3. The third-order valence-electron chi connectivity index (χ3n) is 2.80. The van der Waals surface area contributed by atoms with Crippen molar-refractivity contribution in [2.24, 2.45) is 5.73 Å². The van der Waals surface area contributed by atoms with Crippen LogP contribution in [0.2, 0.25) is 0 Å². The Morgan fingerprint density at radius 3 is 2.22 bits per heavy atom. The molecule has 0 aromatic carbocycles. The first-order valence-corrected chi connectivity index (χ1v) is 8.11. The molecule has 7 nitrogen and oxygen atoms in total. The molecule has 3 N–H and O–H groups in total. The normalized spacial score (nSPS) is 19.9. The van der Waals surface area contributed by atoms with Gasteiger partial charge in [0.25, 0.3) is 0 Å². The molecule has 0 bridgehead atoms. The number of primary amides is 1. The van der Waals surface area contributed by atoms with Crippen LogP contribution >= 0.6 is 0 Å². The van der Waals surface area contributed by atoms with Crippen LogP contribution in [-0.4, -0.2) is 60.0 Å². The molecule has 0 spiro atoms. The number of hydrogen-bond acceptors (Lipinski definition) is 5. The zero-order chi connectivity index (χ0) is 18.6. The average molecular weight is 336 g/mol. The molecule has 2 amide bonds. The van der Waals surface area contributed by atoms with Crippen LogP contribution in [0.15, 0.2) is 0 Å². The highest BCUT2D eigenvalue weighted by atomic mass is 16.6. The summed E-state index contributed by atoms with van der Waals surface area (Å²) < 4.78 is 10.9. The quantitative estimate of drug-likeness (QED) is 0.819. The van der Waals surface area contributed by atoms with Gasteiger partial charge < -0.3 is 20.3 Å². The van der Waals surface area contributed by atoms with Crippen LogP contribution in [0.1, 0.15) is 55.8 Å². The van der Waals surface area contributed by atoms with Crippen LogP contribution in [0, 0.1) is 0 Å². The van der Waals surface area contributed by atoms with Gasteiger partial charge in [-0.2, -0.15) is 0 Å². The number of likely N-dealkylation sites (tertiary alicyclic amines) is 1. The number of carbonyl (C=O) groups is 2. The molecule has 23 heavy (non-hydrogen) atoms. The SMILES string of the molecule is CC.CCCOC1CCN(C(=O)OC(C)(C)C)C1C(N)=O.CO.[HH]. The Bertz CT molecular complexity index is 348. The maximum atomic E-state index is 12.0. The molecule has 0 saturated carbocycles. The van der Waals surface area contributed by atoms with Gasteiger partial charge >= 0.3 is 6.09 Å². The van der Waals surface area contributed by atoms with E-state index in [2.05, 4.69) is 0 Å². The second-order valence-corrected chi connectivity index (χ2v) is 5.72. The summed E-state index contributed by atoms with van der Waals surface area (Å²) in [7, 11) is 1.00. The van der Waals surface area contributed by atoms with Crippen molar-refractivity contribution in [2.45, 2.75) is 72.1 Å². The van der Waals surface area contributed by atoms with Crippen molar-refractivity contribution in [2.75, 3.05) is 20.3 Å². The molecule has 0 aromatic rings. The molecular formula is C16H36N2O5. The smallest absolute Gasteiger partial charge is 0.411 e. The van der Waals surface area contributed by atoms with E-state index in [0.717, 1.165) is 13.5 Å². The van der Waals surface area contributed by atoms with Gasteiger partial charge in [-0.15, -0.1) is 0 Å². The number of carbonyl (C=O) groups excluding carboxylic acids is 2. The van der Waals surface area contributed by atoms with Crippen molar-refractivity contribution < 1.29 is 25.6 Å². The number of amides is 2. The number of aliphatic hydroxyl groups is 1. The first-order chi connectivity index (χ1) is 10.8. The number of nitrogens with zero attached hydrogens (tertiary/aromatic N) is 1. The number of aliphatic hydroxyl groups excluding tert-OH is 1. The summed E-state index contributed by atoms with van der Waals surface area (Å²) in [4.78, 5) is 25.0. The molecule has 1 rings (SSSR count). The van der Waals surface area contributed by atoms with Crippen molar-refractivity contribution in [3.63, 3.8) is 0 Å². The summed E-state index contributed by atoms with van der Waals surface area (Å²) in [6.07, 6.45) is 0.616. The van der Waals surface area contributed by atoms with E-state index in [9.17, 15) is 9.59 Å². The van der Waals surface area contributed by atoms with Gasteiger partial charge in [0, 0.05) is 21.7 Å². The van der Waals surface area contributed by atoms with E-state index in [4.69, 9.17) is 20.3 Å². The summed E-state index contributed by atoms with van der Waals surface area (Å²) in [5.41, 5.74) is 4.79. The lowest BCUT2D eigenvalue weighted by Gasteiger charge is -2.28. The third kappa shape index (κ3) is 8.76. The van der Waals surface area contributed by atoms with Crippen LogP contribution in [-0.2, 0) is 14.3 Å². The molecule has 0 aromatic heterocycles. The molecule has 2 atom stereocenters. The van der Waals surface area contributed by atoms with E-state index >= 15 is 0 Å². The van der Waals surface area contributed by atoms with E-state index in [0.29, 0.717) is 19.6 Å². The predicted molar refractivity (Wildman–Crippen MR) is 92.2 cm³/mol. The molecule has 1 saturated heterocycles. The predicted octanol–water partition coefficient (Wildman–Crippen LogP) is 2.16. The topological polar surface area (TPSA) is 102 Å². The Balaban J connectivity index is -0.000000817. The molecule has 1 aliphatic heterocycles. The first-order valence-electron chi connectivity index (χ1n) is 8.11. The fourth-order valence-electron chi connectivity index (χ4n) is 2.07. The Labute approximate surface area is 141 Å². The Morgan fingerprint density at radius 2 is 1.83 bits per heavy atom. The molecular weight excluding hydrogens is 300 g/mol. The minimum Gasteiger partial charge on any atom is -0.444 e. The van der Waals surface area contributed by atoms with Gasteiger partial charge in [0.2, 0.25) is 5.91 Å². The van der Waals surface area contributed by atoms with Gasteiger partial charge in [-0.25, -0.2) is 4.79 Å². The van der Waals surface area contributed by atoms with E-state index in [1.165, 1.54) is 4.90 Å². The van der Waals surface area contributed by atoms with Gasteiger partial charge in [-0.1, -0.05) is 20.8 Å². The molecule has 0 radical (unpaired) electrons. The highest BCUT2D eigenvalue weighted by molar-refractivity contribution is 5.85. The number of ether oxygens (including phenoxy) is 2. The van der Waals surface area contributed by atoms with E-state index in [-0.39, 0.29) is 7.53 Å². The van der Waals surface area contributed by atoms with Crippen molar-refractivity contribution in [3.8, 4) is 0 Å². The monoisotopic (exact) mass is 336 g/mol. The molecule has 2 unspecified atom stereocenters. The van der Waals surface area contributed by atoms with Crippen molar-refractivity contribution in [3.05, 3.63) is 0 Å². The van der Waals surface area contributed by atoms with Crippen molar-refractivity contribution in [1.29, 1.82) is 0 Å². The maximum Gasteiger partial charge on any atom is 0.411 e. The summed E-state index contributed by atoms with van der Waals surface area (Å²) in [5.74, 6) is -0.551. The summed E-state index contributed by atoms with van der Waals surface area (Å²) in [6, 6.07) is -0.735. The van der Waals surface area contributed by atoms with Crippen LogP contribution in [0.25, 0.3) is 0 Å². The fraction of sp³-hybridized carbons (Fsp3) is 0.875. The van der Waals surface area contributed by atoms with Crippen LogP contribution in [0.3, 0.4) is 0 Å². The molecule has 1 aliphatic rings. The standard InChI is InChI=1S/C13H24N2O4.C2H6.CH4O.H2/c1-5-8-18-9-6-7-15(10(9)11(14)16)12(17)19-13(2,3)4;2*1-2;/h9-10H,5-8H2,1-4H3,(H2,14,16);1-2H3;2H,1H3;1H. The second-order valence-electron chi connectivity index (χ2n) is 5.72. The van der Waals surface area contributed by atoms with Crippen LogP contribution in [0.4, 0.5) is 4.79 Å². The number of hydrogen-bond donors (Lipinski definition) is 2. The van der Waals surface area contributed by atoms with Gasteiger partial charge in [-0.3, -0.25) is 9.69 Å². The van der Waals surface area contributed by atoms with Gasteiger partial charge in [0.1, 0.15) is 11.6 Å². The Kier molecular flexibility index (Phi) is 12.6. The lowest BCUT2D eigenvalue weighted by molar-refractivity contribution is -0.126. The summed E-state index contributed by atoms with van der Waals surface area (Å²) in [5, 5.41) is 7.00. The Hall–Kier alpha value is -1.34. The minimum atomic E-state index is -0.735. The van der Waals surface area contributed by atoms with Gasteiger partial charge in [-0.05, 0) is 33.6 Å². The molecule has 0 aliphatic carbocycles. The zero-order valence-electron chi connectivity index (χ0n) is 15.6. The van der Waals surface area contributed by atoms with Crippen molar-refractivity contribution >= 4 is 12.0 Å². The van der Waals surface area contributed by atoms with Gasteiger partial charge in [0.15, 0.2) is 0 Å². The van der Waals surface area contributed by atoms with Crippen molar-refractivity contribution in [1.82, 2.24) is 4.90 Å². The van der Waals surface area contributed by atoms with E-state index in [1.54, 1.807) is 20.8 Å². The number of rotatable bonds is 4. The fourth-order valence-corrected chi connectivity index (χ4v) is 2.07. The minimum absolute atomic E-state index is 0. The van der Waals surface area contributed by atoms with Gasteiger partial charge in [0.05, 0.1) is 6.10 Å². The molecule has 1 heterocycles. The van der Waals surface area contributed by atoms with E-state index < -0.39 is 23.6 Å². The third-order valence-corrected chi connectivity index (χ3v) is 2.80. The molecule has 140 valence electrons. The molecule has 1 fully saturated rings. The highest BCUT2D eigenvalue weighted by Crippen LogP contribution is 2.23. The lowest BCUT2D eigenvalue weighted by atomic mass is 10.1. The lowest BCUT2D eigenvalue weighted by Crippen LogP contribution is -2.50. The second kappa shape index (κ2) is 12.1. The maximum absolute atomic E-state index is 12.0. The summed E-state index contributed by atoms with van der Waals surface area (Å²) >= 11 is 0. The number of nitrogens with two attached hydrogens (primary N) is 1.